The number of rotatable bonds is 4. The number of hydrogen-bond acceptors (Lipinski definition) is 2. The summed E-state index contributed by atoms with van der Waals surface area (Å²) in [6, 6.07) is 7.61. The zero-order valence-electron chi connectivity index (χ0n) is 10.6. The van der Waals surface area contributed by atoms with Gasteiger partial charge in [-0.05, 0) is 37.3 Å². The van der Waals surface area contributed by atoms with Crippen LogP contribution in [0, 0.1) is 5.92 Å². The predicted octanol–water partition coefficient (Wildman–Crippen LogP) is 2.79. The Bertz CT molecular complexity index is 465. The summed E-state index contributed by atoms with van der Waals surface area (Å²) in [5, 5.41) is 9.00. The zero-order valence-corrected chi connectivity index (χ0v) is 10.6. The topological polar surface area (TPSA) is 54.4 Å². The first-order chi connectivity index (χ1) is 8.58. The van der Waals surface area contributed by atoms with Crippen LogP contribution in [0.1, 0.15) is 43.2 Å². The molecule has 0 bridgehead atoms. The molecule has 0 heterocycles. The van der Waals surface area contributed by atoms with Gasteiger partial charge in [-0.15, -0.1) is 0 Å². The van der Waals surface area contributed by atoms with Crippen molar-refractivity contribution in [3.05, 3.63) is 35.4 Å². The van der Waals surface area contributed by atoms with Gasteiger partial charge in [-0.1, -0.05) is 24.3 Å². The zero-order chi connectivity index (χ0) is 13.1. The minimum Gasteiger partial charge on any atom is -0.481 e. The summed E-state index contributed by atoms with van der Waals surface area (Å²) in [6.07, 6.45) is 3.42. The number of benzene rings is 1. The Morgan fingerprint density at radius 3 is 2.89 bits per heavy atom. The summed E-state index contributed by atoms with van der Waals surface area (Å²) < 4.78 is 0. The van der Waals surface area contributed by atoms with E-state index in [-0.39, 0.29) is 5.92 Å². The number of hydrogen-bond donors (Lipinski definition) is 1. The van der Waals surface area contributed by atoms with Gasteiger partial charge in [0.2, 0.25) is 0 Å². The van der Waals surface area contributed by atoms with Crippen molar-refractivity contribution >= 4 is 11.8 Å². The number of carbonyl (C=O) groups is 2. The lowest BCUT2D eigenvalue weighted by Gasteiger charge is -2.11. The summed E-state index contributed by atoms with van der Waals surface area (Å²) in [6.45, 7) is 1.68. The second-order valence-corrected chi connectivity index (χ2v) is 5.06. The molecule has 1 aliphatic carbocycles. The number of carbonyl (C=O) groups excluding carboxylic acids is 1. The van der Waals surface area contributed by atoms with E-state index in [1.807, 2.05) is 24.3 Å². The third kappa shape index (κ3) is 2.78. The van der Waals surface area contributed by atoms with Gasteiger partial charge in [-0.2, -0.15) is 0 Å². The largest absolute Gasteiger partial charge is 0.481 e. The molecule has 0 saturated heterocycles. The van der Waals surface area contributed by atoms with Gasteiger partial charge in [0.1, 0.15) is 5.78 Å². The van der Waals surface area contributed by atoms with Crippen LogP contribution in [0.15, 0.2) is 24.3 Å². The first kappa shape index (κ1) is 12.8. The van der Waals surface area contributed by atoms with Gasteiger partial charge in [-0.3, -0.25) is 9.59 Å². The van der Waals surface area contributed by atoms with Crippen LogP contribution in [0.2, 0.25) is 0 Å². The Hall–Kier alpha value is -1.64. The fourth-order valence-corrected chi connectivity index (χ4v) is 2.52. The number of Topliss-reactive ketones (excluding diaryl/α,β-unsaturated/α-hetero) is 1. The lowest BCUT2D eigenvalue weighted by atomic mass is 9.93. The molecule has 18 heavy (non-hydrogen) atoms. The van der Waals surface area contributed by atoms with Gasteiger partial charge in [-0.25, -0.2) is 0 Å². The van der Waals surface area contributed by atoms with Crippen LogP contribution >= 0.6 is 0 Å². The fraction of sp³-hybridized carbons (Fsp3) is 0.467. The van der Waals surface area contributed by atoms with E-state index >= 15 is 0 Å². The molecule has 3 heteroatoms. The Morgan fingerprint density at radius 2 is 2.28 bits per heavy atom. The summed E-state index contributed by atoms with van der Waals surface area (Å²) in [5.74, 6) is -0.819. The maximum absolute atomic E-state index is 11.6. The van der Waals surface area contributed by atoms with E-state index in [1.165, 1.54) is 0 Å². The predicted molar refractivity (Wildman–Crippen MR) is 68.5 cm³/mol. The van der Waals surface area contributed by atoms with E-state index in [4.69, 9.17) is 5.11 Å². The second-order valence-electron chi connectivity index (χ2n) is 5.06. The highest BCUT2D eigenvalue weighted by Gasteiger charge is 2.24. The Kier molecular flexibility index (Phi) is 3.80. The molecule has 1 saturated carbocycles. The maximum atomic E-state index is 11.6. The fourth-order valence-electron chi connectivity index (χ4n) is 2.52. The van der Waals surface area contributed by atoms with Crippen LogP contribution in [0.3, 0.4) is 0 Å². The van der Waals surface area contributed by atoms with Crippen molar-refractivity contribution in [1.29, 1.82) is 0 Å². The van der Waals surface area contributed by atoms with Crippen LogP contribution in [0.4, 0.5) is 0 Å². The first-order valence-electron chi connectivity index (χ1n) is 6.42. The molecule has 1 aliphatic rings. The minimum atomic E-state index is -0.816. The van der Waals surface area contributed by atoms with E-state index in [0.29, 0.717) is 12.2 Å². The third-order valence-electron chi connectivity index (χ3n) is 3.73. The molecule has 1 fully saturated rings. The molecular formula is C15H18O3. The van der Waals surface area contributed by atoms with Crippen LogP contribution in [-0.2, 0) is 16.0 Å². The molecule has 0 radical (unpaired) electrons. The molecule has 96 valence electrons. The van der Waals surface area contributed by atoms with E-state index in [2.05, 4.69) is 0 Å². The van der Waals surface area contributed by atoms with Crippen LogP contribution < -0.4 is 0 Å². The molecule has 2 atom stereocenters. The van der Waals surface area contributed by atoms with Crippen LogP contribution in [0.5, 0.6) is 0 Å². The normalized spacial score (nSPS) is 20.9. The SMILES string of the molecule is CC(C(=O)O)c1cccc(CC2CCCC2=O)c1. The van der Waals surface area contributed by atoms with E-state index in [0.717, 1.165) is 30.4 Å². The smallest absolute Gasteiger partial charge is 0.310 e. The molecule has 1 aromatic carbocycles. The standard InChI is InChI=1S/C15H18O3/c1-10(15(17)18)12-5-2-4-11(8-12)9-13-6-3-7-14(13)16/h2,4-5,8,10,13H,3,6-7,9H2,1H3,(H,17,18). The second kappa shape index (κ2) is 5.34. The summed E-state index contributed by atoms with van der Waals surface area (Å²) >= 11 is 0. The number of aliphatic carboxylic acids is 1. The van der Waals surface area contributed by atoms with Gasteiger partial charge in [0, 0.05) is 12.3 Å². The van der Waals surface area contributed by atoms with E-state index in [9.17, 15) is 9.59 Å². The van der Waals surface area contributed by atoms with Crippen LogP contribution in [-0.4, -0.2) is 16.9 Å². The molecule has 3 nitrogen and oxygen atoms in total. The summed E-state index contributed by atoms with van der Waals surface area (Å²) in [4.78, 5) is 22.6. The number of ketones is 1. The van der Waals surface area contributed by atoms with Crippen molar-refractivity contribution in [1.82, 2.24) is 0 Å². The van der Waals surface area contributed by atoms with Gasteiger partial charge in [0.05, 0.1) is 5.92 Å². The van der Waals surface area contributed by atoms with Crippen molar-refractivity contribution in [2.24, 2.45) is 5.92 Å². The lowest BCUT2D eigenvalue weighted by molar-refractivity contribution is -0.138. The highest BCUT2D eigenvalue weighted by atomic mass is 16.4. The van der Waals surface area contributed by atoms with Crippen molar-refractivity contribution in [3.63, 3.8) is 0 Å². The third-order valence-corrected chi connectivity index (χ3v) is 3.73. The molecule has 0 aromatic heterocycles. The highest BCUT2D eigenvalue weighted by Crippen LogP contribution is 2.26. The molecule has 1 aromatic rings. The van der Waals surface area contributed by atoms with Gasteiger partial charge in [0.25, 0.3) is 0 Å². The van der Waals surface area contributed by atoms with Crippen molar-refractivity contribution in [3.8, 4) is 0 Å². The molecule has 2 unspecified atom stereocenters. The minimum absolute atomic E-state index is 0.139. The van der Waals surface area contributed by atoms with Crippen LogP contribution in [0.25, 0.3) is 0 Å². The van der Waals surface area contributed by atoms with Gasteiger partial charge >= 0.3 is 5.97 Å². The summed E-state index contributed by atoms with van der Waals surface area (Å²) in [7, 11) is 0. The van der Waals surface area contributed by atoms with E-state index in [1.54, 1.807) is 6.92 Å². The monoisotopic (exact) mass is 246 g/mol. The Balaban J connectivity index is 2.12. The van der Waals surface area contributed by atoms with Gasteiger partial charge in [0.15, 0.2) is 0 Å². The average Bonchev–Trinajstić information content (AvgIpc) is 2.74. The molecule has 0 amide bonds. The van der Waals surface area contributed by atoms with Crippen molar-refractivity contribution in [2.75, 3.05) is 0 Å². The Morgan fingerprint density at radius 1 is 1.50 bits per heavy atom. The number of carboxylic acids is 1. The van der Waals surface area contributed by atoms with Gasteiger partial charge < -0.3 is 5.11 Å². The lowest BCUT2D eigenvalue weighted by Crippen LogP contribution is -2.11. The quantitative estimate of drug-likeness (QED) is 0.888. The average molecular weight is 246 g/mol. The molecule has 1 N–H and O–H groups in total. The molecule has 0 spiro atoms. The molecule has 2 rings (SSSR count). The molecule has 0 aliphatic heterocycles. The number of carboxylic acid groups (broad SMARTS) is 1. The van der Waals surface area contributed by atoms with E-state index < -0.39 is 11.9 Å². The maximum Gasteiger partial charge on any atom is 0.310 e. The summed E-state index contributed by atoms with van der Waals surface area (Å²) in [5.41, 5.74) is 1.88. The Labute approximate surface area is 107 Å². The van der Waals surface area contributed by atoms with Crippen molar-refractivity contribution in [2.45, 2.75) is 38.5 Å². The van der Waals surface area contributed by atoms with Crippen molar-refractivity contribution < 1.29 is 14.7 Å². The molecular weight excluding hydrogens is 228 g/mol. The first-order valence-corrected chi connectivity index (χ1v) is 6.42. The highest BCUT2D eigenvalue weighted by molar-refractivity contribution is 5.83.